The van der Waals surface area contributed by atoms with Gasteiger partial charge in [0.1, 0.15) is 0 Å². The number of nitrogens with zero attached hydrogens (tertiary/aromatic N) is 1. The van der Waals surface area contributed by atoms with Gasteiger partial charge in [0.15, 0.2) is 0 Å². The lowest BCUT2D eigenvalue weighted by Crippen LogP contribution is -2.44. The van der Waals surface area contributed by atoms with Gasteiger partial charge in [-0.25, -0.2) is 18.3 Å². The predicted molar refractivity (Wildman–Crippen MR) is 113 cm³/mol. The molecule has 6 heteroatoms. The van der Waals surface area contributed by atoms with Gasteiger partial charge in [-0.2, -0.15) is 0 Å². The number of hydrazine groups is 1. The van der Waals surface area contributed by atoms with Gasteiger partial charge in [0.25, 0.3) is 0 Å². The number of hydrogen-bond acceptors (Lipinski definition) is 4. The molecule has 1 saturated carbocycles. The molecule has 1 unspecified atom stereocenters. The molecule has 0 amide bonds. The fraction of sp³-hybridized carbons (Fsp3) is 0.455. The summed E-state index contributed by atoms with van der Waals surface area (Å²) < 4.78 is 26.4. The first kappa shape index (κ1) is 20.8. The number of aliphatic hydroxyl groups excluding tert-OH is 1. The van der Waals surface area contributed by atoms with E-state index in [0.29, 0.717) is 18.2 Å². The third-order valence-electron chi connectivity index (χ3n) is 5.47. The average Bonchev–Trinajstić information content (AvgIpc) is 3.26. The van der Waals surface area contributed by atoms with Crippen molar-refractivity contribution in [1.29, 1.82) is 0 Å². The van der Waals surface area contributed by atoms with Crippen molar-refractivity contribution in [3.8, 4) is 0 Å². The number of anilines is 1. The minimum absolute atomic E-state index is 0.0117. The number of aliphatic hydroxyl groups is 1. The van der Waals surface area contributed by atoms with Crippen LogP contribution in [0, 0.1) is 5.92 Å². The highest BCUT2D eigenvalue weighted by Crippen LogP contribution is 2.36. The van der Waals surface area contributed by atoms with Gasteiger partial charge in [0.2, 0.25) is 10.0 Å². The number of nitrogens with one attached hydrogen (secondary N) is 1. The summed E-state index contributed by atoms with van der Waals surface area (Å²) in [6, 6.07) is 17.2. The highest BCUT2D eigenvalue weighted by Gasteiger charge is 2.25. The van der Waals surface area contributed by atoms with Crippen molar-refractivity contribution < 1.29 is 13.5 Å². The molecule has 0 radical (unpaired) electrons. The van der Waals surface area contributed by atoms with Crippen molar-refractivity contribution in [2.75, 3.05) is 16.7 Å². The maximum Gasteiger partial charge on any atom is 0.248 e. The minimum Gasteiger partial charge on any atom is -0.388 e. The molecule has 0 spiro atoms. The maximum atomic E-state index is 12.6. The van der Waals surface area contributed by atoms with Crippen molar-refractivity contribution in [3.05, 3.63) is 65.7 Å². The lowest BCUT2D eigenvalue weighted by Gasteiger charge is -2.25. The summed E-state index contributed by atoms with van der Waals surface area (Å²) in [6.07, 6.45) is 4.72. The first-order valence-electron chi connectivity index (χ1n) is 10.1. The Morgan fingerprint density at radius 3 is 2.32 bits per heavy atom. The molecule has 3 rings (SSSR count). The third kappa shape index (κ3) is 5.13. The van der Waals surface area contributed by atoms with E-state index in [1.165, 1.54) is 17.3 Å². The summed E-state index contributed by atoms with van der Waals surface area (Å²) in [5.41, 5.74) is 5.64. The van der Waals surface area contributed by atoms with Crippen molar-refractivity contribution in [2.45, 2.75) is 45.1 Å². The minimum atomic E-state index is -3.46. The molecule has 2 aromatic rings. The lowest BCUT2D eigenvalue weighted by atomic mass is 9.94. The largest absolute Gasteiger partial charge is 0.388 e. The van der Waals surface area contributed by atoms with Crippen LogP contribution in [0.5, 0.6) is 0 Å². The first-order chi connectivity index (χ1) is 13.5. The molecule has 28 heavy (non-hydrogen) atoms. The zero-order valence-corrected chi connectivity index (χ0v) is 17.2. The van der Waals surface area contributed by atoms with Crippen LogP contribution in [0.25, 0.3) is 0 Å². The van der Waals surface area contributed by atoms with E-state index >= 15 is 0 Å². The number of rotatable bonds is 9. The SMILES string of the molecule is CCS(=O)(=O)N(NCCc1ccccc1)c1ccc(C(O)C2CCCC2)cc1. The van der Waals surface area contributed by atoms with Gasteiger partial charge < -0.3 is 5.11 Å². The zero-order chi connectivity index (χ0) is 20.0. The predicted octanol–water partition coefficient (Wildman–Crippen LogP) is 3.81. The summed E-state index contributed by atoms with van der Waals surface area (Å²) in [4.78, 5) is 0. The van der Waals surface area contributed by atoms with E-state index < -0.39 is 16.1 Å². The fourth-order valence-electron chi connectivity index (χ4n) is 3.78. The van der Waals surface area contributed by atoms with Crippen molar-refractivity contribution in [3.63, 3.8) is 0 Å². The molecule has 5 nitrogen and oxygen atoms in total. The second-order valence-corrected chi connectivity index (χ2v) is 9.50. The van der Waals surface area contributed by atoms with Crippen molar-refractivity contribution in [1.82, 2.24) is 5.43 Å². The molecule has 2 aromatic carbocycles. The van der Waals surface area contributed by atoms with Crippen LogP contribution in [0.15, 0.2) is 54.6 Å². The molecule has 0 heterocycles. The smallest absolute Gasteiger partial charge is 0.248 e. The normalized spacial score (nSPS) is 16.2. The molecule has 0 saturated heterocycles. The Balaban J connectivity index is 1.70. The van der Waals surface area contributed by atoms with E-state index in [9.17, 15) is 13.5 Å². The molecule has 2 N–H and O–H groups in total. The fourth-order valence-corrected chi connectivity index (χ4v) is 4.77. The lowest BCUT2D eigenvalue weighted by molar-refractivity contribution is 0.111. The van der Waals surface area contributed by atoms with E-state index in [0.717, 1.165) is 30.4 Å². The molecule has 1 fully saturated rings. The Kier molecular flexibility index (Phi) is 7.10. The number of sulfonamides is 1. The van der Waals surface area contributed by atoms with Crippen LogP contribution in [-0.2, 0) is 16.4 Å². The van der Waals surface area contributed by atoms with Crippen molar-refractivity contribution in [2.24, 2.45) is 5.92 Å². The monoisotopic (exact) mass is 402 g/mol. The second-order valence-electron chi connectivity index (χ2n) is 7.39. The van der Waals surface area contributed by atoms with Crippen molar-refractivity contribution >= 4 is 15.7 Å². The molecule has 0 bridgehead atoms. The van der Waals surface area contributed by atoms with Crippen LogP contribution in [0.3, 0.4) is 0 Å². The standard InChI is InChI=1S/C22H30N2O3S/c1-2-28(26,27)24(23-17-16-18-8-4-3-5-9-18)21-14-12-20(13-15-21)22(25)19-10-6-7-11-19/h3-5,8-9,12-15,19,22-23,25H,2,6-7,10-11,16-17H2,1H3. The van der Waals surface area contributed by atoms with E-state index in [4.69, 9.17) is 0 Å². The van der Waals surface area contributed by atoms with Gasteiger partial charge in [-0.15, -0.1) is 0 Å². The highest BCUT2D eigenvalue weighted by molar-refractivity contribution is 7.92. The van der Waals surface area contributed by atoms with Crippen LogP contribution < -0.4 is 9.84 Å². The van der Waals surface area contributed by atoms with E-state index in [1.54, 1.807) is 19.1 Å². The molecular formula is C22H30N2O3S. The Morgan fingerprint density at radius 2 is 1.71 bits per heavy atom. The summed E-state index contributed by atoms with van der Waals surface area (Å²) in [5.74, 6) is 0.322. The quantitative estimate of drug-likeness (QED) is 0.626. The second kappa shape index (κ2) is 9.54. The maximum absolute atomic E-state index is 12.6. The van der Waals surface area contributed by atoms with Gasteiger partial charge in [-0.3, -0.25) is 0 Å². The topological polar surface area (TPSA) is 69.6 Å². The van der Waals surface area contributed by atoms with Gasteiger partial charge in [-0.05, 0) is 55.4 Å². The molecule has 0 aliphatic heterocycles. The van der Waals surface area contributed by atoms with Crippen LogP contribution in [0.2, 0.25) is 0 Å². The summed E-state index contributed by atoms with van der Waals surface area (Å²) in [5, 5.41) is 10.6. The Hall–Kier alpha value is -1.89. The highest BCUT2D eigenvalue weighted by atomic mass is 32.2. The van der Waals surface area contributed by atoms with Gasteiger partial charge in [-0.1, -0.05) is 55.3 Å². The number of hydrogen-bond donors (Lipinski definition) is 2. The average molecular weight is 403 g/mol. The van der Waals surface area contributed by atoms with E-state index in [-0.39, 0.29) is 5.75 Å². The van der Waals surface area contributed by atoms with Crippen LogP contribution in [-0.4, -0.2) is 25.8 Å². The Labute approximate surface area is 168 Å². The van der Waals surface area contributed by atoms with Gasteiger partial charge in [0, 0.05) is 6.54 Å². The summed E-state index contributed by atoms with van der Waals surface area (Å²) in [6.45, 7) is 2.15. The molecule has 152 valence electrons. The Morgan fingerprint density at radius 1 is 1.07 bits per heavy atom. The number of benzene rings is 2. The zero-order valence-electron chi connectivity index (χ0n) is 16.4. The van der Waals surface area contributed by atoms with Gasteiger partial charge in [0.05, 0.1) is 17.5 Å². The molecule has 1 atom stereocenters. The van der Waals surface area contributed by atoms with Crippen LogP contribution in [0.4, 0.5) is 5.69 Å². The molecule has 0 aromatic heterocycles. The Bertz CT molecular complexity index is 832. The molecular weight excluding hydrogens is 372 g/mol. The molecule has 1 aliphatic rings. The third-order valence-corrected chi connectivity index (χ3v) is 7.10. The summed E-state index contributed by atoms with van der Waals surface area (Å²) in [7, 11) is -3.46. The van der Waals surface area contributed by atoms with Gasteiger partial charge >= 0.3 is 0 Å². The summed E-state index contributed by atoms with van der Waals surface area (Å²) >= 11 is 0. The molecule has 1 aliphatic carbocycles. The van der Waals surface area contributed by atoms with Crippen LogP contribution in [0.1, 0.15) is 49.8 Å². The first-order valence-corrected chi connectivity index (χ1v) is 11.7. The van der Waals surface area contributed by atoms with E-state index in [2.05, 4.69) is 5.43 Å². The van der Waals surface area contributed by atoms with Crippen LogP contribution >= 0.6 is 0 Å². The van der Waals surface area contributed by atoms with E-state index in [1.807, 2.05) is 42.5 Å².